The maximum absolute atomic E-state index is 14.8. The van der Waals surface area contributed by atoms with Gasteiger partial charge in [0.15, 0.2) is 11.3 Å². The molecule has 1 aliphatic carbocycles. The molecule has 2 aromatic carbocycles. The molecule has 4 aliphatic rings. The normalized spacial score (nSPS) is 28.9. The number of amides is 1. The van der Waals surface area contributed by atoms with Gasteiger partial charge in [-0.05, 0) is 38.5 Å². The maximum Gasteiger partial charge on any atom is 0.312 e. The van der Waals surface area contributed by atoms with Gasteiger partial charge in [-0.15, -0.1) is 0 Å². The van der Waals surface area contributed by atoms with Crippen molar-refractivity contribution in [2.45, 2.75) is 105 Å². The van der Waals surface area contributed by atoms with Crippen molar-refractivity contribution >= 4 is 61.1 Å². The van der Waals surface area contributed by atoms with Crippen LogP contribution in [0.15, 0.2) is 62.0 Å². The number of hydrogen-bond donors (Lipinski definition) is 4. The molecule has 1 amide bonds. The van der Waals surface area contributed by atoms with E-state index >= 15 is 0 Å². The molecule has 4 bridgehead atoms. The van der Waals surface area contributed by atoms with Crippen LogP contribution >= 0.6 is 15.9 Å². The molecule has 0 unspecified atom stereocenters. The number of aromatic nitrogens is 1. The highest BCUT2D eigenvalue weighted by Crippen LogP contribution is 2.51. The van der Waals surface area contributed by atoms with Crippen molar-refractivity contribution in [2.24, 2.45) is 23.7 Å². The number of aliphatic hydroxyl groups is 2. The lowest BCUT2D eigenvalue weighted by atomic mass is 9.78. The molecule has 3 heterocycles. The highest BCUT2D eigenvalue weighted by atomic mass is 79.9. The fourth-order valence-electron chi connectivity index (χ4n) is 8.28. The molecule has 15 nitrogen and oxygen atoms in total. The molecule has 9 atom stereocenters. The number of fused-ring (bicyclic) bond motifs is 2. The molecular formula is C47H55BrN2O13. The lowest BCUT2D eigenvalue weighted by Crippen LogP contribution is -2.46. The minimum absolute atomic E-state index is 0.0487. The third kappa shape index (κ3) is 8.95. The highest BCUT2D eigenvalue weighted by Gasteiger charge is 2.50. The molecule has 0 spiro atoms. The van der Waals surface area contributed by atoms with Crippen molar-refractivity contribution < 1.29 is 57.8 Å². The summed E-state index contributed by atoms with van der Waals surface area (Å²) in [6.45, 7) is 15.0. The molecule has 0 saturated heterocycles. The van der Waals surface area contributed by atoms with Gasteiger partial charge < -0.3 is 48.7 Å². The maximum atomic E-state index is 14.8. The van der Waals surface area contributed by atoms with Crippen LogP contribution in [0.4, 0.5) is 5.69 Å². The topological polar surface area (TPSA) is 213 Å². The molecule has 338 valence electrons. The summed E-state index contributed by atoms with van der Waals surface area (Å²) in [6, 6.07) is 3.35. The van der Waals surface area contributed by atoms with Crippen molar-refractivity contribution in [2.75, 3.05) is 19.0 Å². The number of ether oxygens (including phenoxy) is 5. The van der Waals surface area contributed by atoms with E-state index in [1.54, 1.807) is 52.0 Å². The van der Waals surface area contributed by atoms with Crippen molar-refractivity contribution in [3.63, 3.8) is 0 Å². The number of phenolic OH excluding ortho intramolecular Hbond substituents is 1. The molecule has 0 saturated carbocycles. The van der Waals surface area contributed by atoms with E-state index in [1.807, 2.05) is 6.92 Å². The number of nitrogens with zero attached hydrogens (tertiary/aromatic N) is 1. The Morgan fingerprint density at radius 1 is 1.02 bits per heavy atom. The number of Topliss-reactive ketones (excluding diaryl/α,β-unsaturated/α-hetero) is 1. The first-order chi connectivity index (χ1) is 29.8. The number of anilines is 1. The summed E-state index contributed by atoms with van der Waals surface area (Å²) in [5.74, 6) is -6.98. The number of allylic oxidation sites excluding steroid dienone is 2. The molecule has 2 aromatic rings. The average molecular weight is 936 g/mol. The number of hydrogen-bond acceptors (Lipinski definition) is 14. The van der Waals surface area contributed by atoms with Gasteiger partial charge in [0.1, 0.15) is 40.3 Å². The van der Waals surface area contributed by atoms with Crippen molar-refractivity contribution in [1.82, 2.24) is 4.98 Å². The summed E-state index contributed by atoms with van der Waals surface area (Å²) >= 11 is 3.50. The Labute approximate surface area is 373 Å². The number of ketones is 1. The van der Waals surface area contributed by atoms with Gasteiger partial charge in [0.25, 0.3) is 11.7 Å². The average Bonchev–Trinajstić information content (AvgIpc) is 3.51. The zero-order valence-electron chi connectivity index (χ0n) is 37.0. The molecule has 16 heteroatoms. The van der Waals surface area contributed by atoms with E-state index in [9.17, 15) is 34.5 Å². The van der Waals surface area contributed by atoms with Gasteiger partial charge in [0.05, 0.1) is 42.1 Å². The number of carbonyl (C=O) groups excluding carboxylic acids is 3. The number of aliphatic hydroxyl groups excluding tert-OH is 2. The SMILES string of the molecule is CCCCOc1cc(Br)cc2oc3c4c(=O)c5c(O)c(C)c6c(c5c-3nc12)C(=O)[C@@](C)(O/C=C/[C@H](OC)[C@@H](C)[C@@H](OC(C)=O)[C@H](C)[C@H](O)[C@H](C)[C@@H](O)[C@@H](C)/C=C/C=C(/C)C(=O)N4)O6. The largest absolute Gasteiger partial charge is 0.507 e. The van der Waals surface area contributed by atoms with E-state index in [-0.39, 0.29) is 61.5 Å². The summed E-state index contributed by atoms with van der Waals surface area (Å²) in [6.07, 6.45) is 5.18. The first kappa shape index (κ1) is 47.2. The summed E-state index contributed by atoms with van der Waals surface area (Å²) in [5.41, 5.74) is -0.711. The number of methoxy groups -OCH3 is 1. The number of halogens is 1. The van der Waals surface area contributed by atoms with Gasteiger partial charge in [0.2, 0.25) is 5.43 Å². The second-order valence-corrected chi connectivity index (χ2v) is 17.6. The Balaban J connectivity index is 1.61. The summed E-state index contributed by atoms with van der Waals surface area (Å²) in [5, 5.41) is 37.1. The van der Waals surface area contributed by atoms with Crippen molar-refractivity contribution in [1.29, 1.82) is 0 Å². The molecule has 63 heavy (non-hydrogen) atoms. The van der Waals surface area contributed by atoms with Crippen LogP contribution < -0.4 is 20.2 Å². The first-order valence-electron chi connectivity index (χ1n) is 21.0. The fourth-order valence-corrected chi connectivity index (χ4v) is 8.70. The Morgan fingerprint density at radius 3 is 2.40 bits per heavy atom. The number of rotatable bonds is 6. The molecule has 0 fully saturated rings. The molecule has 6 rings (SSSR count). The lowest BCUT2D eigenvalue weighted by molar-refractivity contribution is -0.160. The Hall–Kier alpha value is -5.29. The number of benzene rings is 3. The third-order valence-corrected chi connectivity index (χ3v) is 12.6. The minimum atomic E-state index is -2.05. The number of nitrogens with one attached hydrogen (secondary N) is 1. The lowest BCUT2D eigenvalue weighted by Gasteiger charge is -2.38. The summed E-state index contributed by atoms with van der Waals surface area (Å²) < 4.78 is 37.1. The van der Waals surface area contributed by atoms with Crippen LogP contribution in [0, 0.1) is 30.6 Å². The standard InChI is InChI=1S/C47H55BrN2O13/c1-11-12-17-59-30-19-28(48)20-31-35(30)49-36-32-33-40(54)26(7)43-34(32)45(56)47(9,63-43)60-18-16-29(58-10)23(4)42(61-27(8)51)25(6)39(53)24(5)38(52)21(2)14-13-15-22(3)46(57)50-37(41(33)55)44(36)62-31/h13-16,18-21,23-25,29,38-39,42,52-54H,11-12,17H2,1-10H3,(H,50,57)/b14-13+,18-16+,22-15-/t21-,23+,24+,25+,29-,38-,39+,42+,47-/m0/s1. The van der Waals surface area contributed by atoms with Crippen LogP contribution in [-0.4, -0.2) is 81.9 Å². The van der Waals surface area contributed by atoms with Crippen LogP contribution in [0.1, 0.15) is 84.2 Å². The van der Waals surface area contributed by atoms with Crippen LogP contribution in [-0.2, 0) is 23.8 Å². The number of aromatic hydroxyl groups is 1. The minimum Gasteiger partial charge on any atom is -0.507 e. The second-order valence-electron chi connectivity index (χ2n) is 16.7. The zero-order valence-corrected chi connectivity index (χ0v) is 38.6. The van der Waals surface area contributed by atoms with Crippen molar-refractivity contribution in [3.8, 4) is 28.7 Å². The quantitative estimate of drug-likeness (QED) is 0.0627. The van der Waals surface area contributed by atoms with Gasteiger partial charge in [-0.25, -0.2) is 4.98 Å². The number of esters is 1. The van der Waals surface area contributed by atoms with Gasteiger partial charge in [-0.1, -0.05) is 75.2 Å². The Bertz CT molecular complexity index is 2560. The van der Waals surface area contributed by atoms with Gasteiger partial charge in [0, 0.05) is 65.6 Å². The third-order valence-electron chi connectivity index (χ3n) is 12.1. The number of phenols is 1. The number of carbonyl (C=O) groups is 3. The van der Waals surface area contributed by atoms with Gasteiger partial charge in [-0.2, -0.15) is 0 Å². The molecule has 4 N–H and O–H groups in total. The van der Waals surface area contributed by atoms with E-state index in [1.165, 1.54) is 53.2 Å². The monoisotopic (exact) mass is 934 g/mol. The van der Waals surface area contributed by atoms with Crippen LogP contribution in [0.2, 0.25) is 0 Å². The van der Waals surface area contributed by atoms with Crippen LogP contribution in [0.5, 0.6) is 17.2 Å². The van der Waals surface area contributed by atoms with E-state index in [0.29, 0.717) is 16.8 Å². The van der Waals surface area contributed by atoms with E-state index in [4.69, 9.17) is 33.1 Å². The number of unbranched alkanes of at least 4 members (excludes halogenated alkanes) is 1. The zero-order chi connectivity index (χ0) is 46.2. The molecular weight excluding hydrogens is 880 g/mol. The van der Waals surface area contributed by atoms with Crippen molar-refractivity contribution in [3.05, 3.63) is 74.1 Å². The fraction of sp³-hybridized carbons (Fsp3) is 0.468. The predicted molar refractivity (Wildman–Crippen MR) is 239 cm³/mol. The van der Waals surface area contributed by atoms with Crippen LogP contribution in [0.25, 0.3) is 33.3 Å². The van der Waals surface area contributed by atoms with E-state index in [0.717, 1.165) is 12.8 Å². The molecule has 0 aromatic heterocycles. The second kappa shape index (κ2) is 18.8. The molecule has 3 aliphatic heterocycles. The van der Waals surface area contributed by atoms with E-state index in [2.05, 4.69) is 21.2 Å². The summed E-state index contributed by atoms with van der Waals surface area (Å²) in [4.78, 5) is 60.8. The highest BCUT2D eigenvalue weighted by molar-refractivity contribution is 9.10. The first-order valence-corrected chi connectivity index (χ1v) is 21.8. The summed E-state index contributed by atoms with van der Waals surface area (Å²) in [7, 11) is 1.44. The molecule has 0 radical (unpaired) electrons. The Kier molecular flexibility index (Phi) is 14.1. The Morgan fingerprint density at radius 2 is 1.73 bits per heavy atom. The predicted octanol–water partition coefficient (Wildman–Crippen LogP) is 7.89. The van der Waals surface area contributed by atoms with Gasteiger partial charge >= 0.3 is 11.8 Å². The van der Waals surface area contributed by atoms with E-state index < -0.39 is 82.7 Å². The smallest absolute Gasteiger partial charge is 0.312 e. The van der Waals surface area contributed by atoms with Crippen LogP contribution in [0.3, 0.4) is 0 Å². The van der Waals surface area contributed by atoms with Gasteiger partial charge in [-0.3, -0.25) is 19.2 Å².